The van der Waals surface area contributed by atoms with Crippen LogP contribution in [0, 0.1) is 0 Å². The van der Waals surface area contributed by atoms with Crippen molar-refractivity contribution in [3.8, 4) is 0 Å². The highest BCUT2D eigenvalue weighted by Crippen LogP contribution is 2.26. The molecule has 77 heavy (non-hydrogen) atoms. The van der Waals surface area contributed by atoms with Gasteiger partial charge in [-0.2, -0.15) is 0 Å². The third-order valence-corrected chi connectivity index (χ3v) is 13.8. The largest absolute Gasteiger partial charge is 0.454 e. The number of amides is 1. The first kappa shape index (κ1) is 71.3. The molecule has 0 spiro atoms. The van der Waals surface area contributed by atoms with Crippen molar-refractivity contribution >= 4 is 11.9 Å². The Morgan fingerprint density at radius 2 is 0.987 bits per heavy atom. The summed E-state index contributed by atoms with van der Waals surface area (Å²) in [5, 5.41) is 56.9. The van der Waals surface area contributed by atoms with Crippen molar-refractivity contribution in [2.45, 2.75) is 282 Å². The summed E-state index contributed by atoms with van der Waals surface area (Å²) in [5.74, 6) is -1.25. The standard InChI is InChI=1S/C66H111NO10/c1-4-7-10-13-16-19-22-24-25-26-27-28-29-30-31-32-33-34-36-38-41-44-47-50-53-59(70)65(74)67-57(58(69)52-49-46-43-40-37-21-18-15-12-9-6-3)56-75-66-64(63(73)62(72)60(55-68)76-66)77-61(71)54-51-48-45-42-39-35-23-20-17-14-11-8-5-2/h8,11,14,16-17,19-20,23-25,27-28,30-31,35,39,49,52,57-60,62-64,66,68-70,72-73H,4-7,9-10,12-13,15,18,21-22,26,29,32-34,36-38,40-48,50-51,53-56H2,1-3H3,(H,67,74)/b11-8+,17-14+,19-16-,23-20-,25-24-,28-27-,31-30-,39-35-,52-49+. The SMILES string of the molecule is CC/C=C/C=C/C=C\C=C/CCCCCC(=O)OC1C(OCC(NC(=O)C(O)CCCCCCCCCC/C=C\C/C=C\C/C=C\C/C=C\CCCCC)C(O)/C=C/CCCCCCCCCCC)OC(CO)C(O)C1O. The molecule has 11 heteroatoms. The molecular weight excluding hydrogens is 967 g/mol. The summed E-state index contributed by atoms with van der Waals surface area (Å²) in [6.07, 6.45) is 61.4. The number of esters is 1. The summed E-state index contributed by atoms with van der Waals surface area (Å²) in [6, 6.07) is -1.04. The van der Waals surface area contributed by atoms with E-state index in [-0.39, 0.29) is 19.4 Å². The van der Waals surface area contributed by atoms with Crippen LogP contribution < -0.4 is 5.32 Å². The van der Waals surface area contributed by atoms with Gasteiger partial charge in [0.05, 0.1) is 25.4 Å². The van der Waals surface area contributed by atoms with Gasteiger partial charge in [0.25, 0.3) is 0 Å². The summed E-state index contributed by atoms with van der Waals surface area (Å²) >= 11 is 0. The molecule has 0 saturated carbocycles. The summed E-state index contributed by atoms with van der Waals surface area (Å²) < 4.78 is 17.5. The number of carbonyl (C=O) groups excluding carboxylic acids is 2. The molecule has 8 atom stereocenters. The van der Waals surface area contributed by atoms with Crippen LogP contribution in [-0.2, 0) is 23.8 Å². The normalized spacial score (nSPS) is 19.8. The smallest absolute Gasteiger partial charge is 0.306 e. The number of aliphatic hydroxyl groups is 5. The molecule has 1 fully saturated rings. The second-order valence-corrected chi connectivity index (χ2v) is 20.8. The van der Waals surface area contributed by atoms with E-state index in [0.29, 0.717) is 12.8 Å². The molecule has 440 valence electrons. The topological polar surface area (TPSA) is 175 Å². The van der Waals surface area contributed by atoms with Crippen molar-refractivity contribution in [2.24, 2.45) is 0 Å². The third kappa shape index (κ3) is 41.1. The second-order valence-electron chi connectivity index (χ2n) is 20.8. The number of allylic oxidation sites excluding steroid dienone is 17. The van der Waals surface area contributed by atoms with E-state index in [2.05, 4.69) is 86.8 Å². The van der Waals surface area contributed by atoms with Crippen LogP contribution in [0.1, 0.15) is 233 Å². The van der Waals surface area contributed by atoms with E-state index in [1.54, 1.807) is 6.08 Å². The molecule has 1 saturated heterocycles. The predicted molar refractivity (Wildman–Crippen MR) is 319 cm³/mol. The molecule has 0 aromatic heterocycles. The molecule has 0 bridgehead atoms. The Bertz CT molecular complexity index is 1660. The maximum atomic E-state index is 13.4. The van der Waals surface area contributed by atoms with E-state index in [1.807, 2.05) is 42.5 Å². The molecule has 8 unspecified atom stereocenters. The van der Waals surface area contributed by atoms with Gasteiger partial charge >= 0.3 is 5.97 Å². The Hall–Kier alpha value is -3.68. The van der Waals surface area contributed by atoms with Gasteiger partial charge in [-0.05, 0) is 89.9 Å². The number of ether oxygens (including phenoxy) is 3. The van der Waals surface area contributed by atoms with Crippen molar-refractivity contribution < 1.29 is 49.3 Å². The van der Waals surface area contributed by atoms with E-state index in [0.717, 1.165) is 103 Å². The number of unbranched alkanes of at least 4 members (excludes halogenated alkanes) is 23. The number of rotatable bonds is 50. The summed E-state index contributed by atoms with van der Waals surface area (Å²) in [7, 11) is 0. The third-order valence-electron chi connectivity index (χ3n) is 13.8. The Morgan fingerprint density at radius 1 is 0.532 bits per heavy atom. The van der Waals surface area contributed by atoms with Gasteiger partial charge in [0.1, 0.15) is 24.4 Å². The lowest BCUT2D eigenvalue weighted by Gasteiger charge is -2.41. The molecule has 6 N–H and O–H groups in total. The van der Waals surface area contributed by atoms with Crippen LogP contribution in [0.2, 0.25) is 0 Å². The Balaban J connectivity index is 2.66. The fraction of sp³-hybridized carbons (Fsp3) is 0.697. The number of nitrogens with one attached hydrogen (secondary N) is 1. The van der Waals surface area contributed by atoms with Crippen molar-refractivity contribution in [3.05, 3.63) is 109 Å². The highest BCUT2D eigenvalue weighted by atomic mass is 16.7. The van der Waals surface area contributed by atoms with E-state index in [4.69, 9.17) is 14.2 Å². The molecule has 1 aliphatic rings. The maximum absolute atomic E-state index is 13.4. The van der Waals surface area contributed by atoms with Crippen molar-refractivity contribution in [3.63, 3.8) is 0 Å². The zero-order valence-electron chi connectivity index (χ0n) is 48.5. The lowest BCUT2D eigenvalue weighted by molar-refractivity contribution is -0.305. The van der Waals surface area contributed by atoms with Crippen LogP contribution in [-0.4, -0.2) is 99.6 Å². The Labute approximate surface area is 468 Å². The summed E-state index contributed by atoms with van der Waals surface area (Å²) in [4.78, 5) is 26.5. The molecule has 0 radical (unpaired) electrons. The molecule has 11 nitrogen and oxygen atoms in total. The minimum atomic E-state index is -1.64. The van der Waals surface area contributed by atoms with Crippen molar-refractivity contribution in [2.75, 3.05) is 13.2 Å². The van der Waals surface area contributed by atoms with Gasteiger partial charge in [-0.15, -0.1) is 0 Å². The first-order chi connectivity index (χ1) is 37.7. The van der Waals surface area contributed by atoms with Gasteiger partial charge in [-0.3, -0.25) is 9.59 Å². The monoisotopic (exact) mass is 1080 g/mol. The highest BCUT2D eigenvalue weighted by molar-refractivity contribution is 5.80. The summed E-state index contributed by atoms with van der Waals surface area (Å²) in [5.41, 5.74) is 0. The fourth-order valence-corrected chi connectivity index (χ4v) is 8.88. The van der Waals surface area contributed by atoms with Gasteiger partial charge < -0.3 is 45.1 Å². The fourth-order valence-electron chi connectivity index (χ4n) is 8.88. The van der Waals surface area contributed by atoms with Gasteiger partial charge in [-0.25, -0.2) is 0 Å². The lowest BCUT2D eigenvalue weighted by Crippen LogP contribution is -2.61. The molecular formula is C66H111NO10. The molecule has 0 aromatic rings. The molecule has 1 rings (SSSR count). The lowest BCUT2D eigenvalue weighted by atomic mass is 9.99. The number of aliphatic hydroxyl groups excluding tert-OH is 5. The number of hydrogen-bond donors (Lipinski definition) is 6. The maximum Gasteiger partial charge on any atom is 0.306 e. The van der Waals surface area contributed by atoms with Crippen LogP contribution in [0.5, 0.6) is 0 Å². The number of hydrogen-bond acceptors (Lipinski definition) is 10. The minimum absolute atomic E-state index is 0.0714. The molecule has 0 aromatic carbocycles. The first-order valence-corrected chi connectivity index (χ1v) is 30.7. The Kier molecular flexibility index (Phi) is 49.1. The molecule has 1 heterocycles. The predicted octanol–water partition coefficient (Wildman–Crippen LogP) is 14.5. The van der Waals surface area contributed by atoms with Gasteiger partial charge in [-0.1, -0.05) is 246 Å². The highest BCUT2D eigenvalue weighted by Gasteiger charge is 2.47. The van der Waals surface area contributed by atoms with Crippen LogP contribution in [0.25, 0.3) is 0 Å². The molecule has 0 aliphatic carbocycles. The quantitative estimate of drug-likeness (QED) is 0.0149. The molecule has 1 aliphatic heterocycles. The van der Waals surface area contributed by atoms with Gasteiger partial charge in [0.15, 0.2) is 12.4 Å². The Morgan fingerprint density at radius 3 is 1.55 bits per heavy atom. The minimum Gasteiger partial charge on any atom is -0.454 e. The molecule has 1 amide bonds. The average molecular weight is 1080 g/mol. The van der Waals surface area contributed by atoms with Gasteiger partial charge in [0, 0.05) is 6.42 Å². The average Bonchev–Trinajstić information content (AvgIpc) is 3.44. The van der Waals surface area contributed by atoms with Crippen molar-refractivity contribution in [1.29, 1.82) is 0 Å². The van der Waals surface area contributed by atoms with Crippen LogP contribution in [0.3, 0.4) is 0 Å². The zero-order chi connectivity index (χ0) is 56.1. The number of carbonyl (C=O) groups is 2. The zero-order valence-corrected chi connectivity index (χ0v) is 48.5. The first-order valence-electron chi connectivity index (χ1n) is 30.7. The van der Waals surface area contributed by atoms with Crippen LogP contribution in [0.15, 0.2) is 109 Å². The summed E-state index contributed by atoms with van der Waals surface area (Å²) in [6.45, 7) is 5.57. The van der Waals surface area contributed by atoms with Gasteiger partial charge in [0.2, 0.25) is 5.91 Å². The van der Waals surface area contributed by atoms with Crippen LogP contribution in [0.4, 0.5) is 0 Å². The van der Waals surface area contributed by atoms with Crippen LogP contribution >= 0.6 is 0 Å². The van der Waals surface area contributed by atoms with E-state index < -0.39 is 67.4 Å². The van der Waals surface area contributed by atoms with E-state index in [1.165, 1.54) is 83.5 Å². The van der Waals surface area contributed by atoms with E-state index in [9.17, 15) is 35.1 Å². The van der Waals surface area contributed by atoms with Crippen molar-refractivity contribution in [1.82, 2.24) is 5.32 Å². The second kappa shape index (κ2) is 53.0. The van der Waals surface area contributed by atoms with E-state index >= 15 is 0 Å².